The van der Waals surface area contributed by atoms with E-state index in [1.807, 2.05) is 0 Å². The van der Waals surface area contributed by atoms with E-state index < -0.39 is 36.1 Å². The van der Waals surface area contributed by atoms with Crippen LogP contribution in [0.3, 0.4) is 0 Å². The second-order valence-electron chi connectivity index (χ2n) is 4.21. The summed E-state index contributed by atoms with van der Waals surface area (Å²) in [7, 11) is 0. The standard InChI is InChI=1S/C12H19N5O7/c1-8(19)24-7-17-12(23)5-16-11(22)4-15-10(21)3-14-9(20)2-13-6-18/h6H,2-5,7H2,1H3,(H,13,18)(H,14,20)(H,15,21)(H,16,22)(H,17,23). The van der Waals surface area contributed by atoms with Gasteiger partial charge in [-0.2, -0.15) is 0 Å². The second-order valence-corrected chi connectivity index (χ2v) is 4.21. The largest absolute Gasteiger partial charge is 0.445 e. The molecular weight excluding hydrogens is 326 g/mol. The van der Waals surface area contributed by atoms with Crippen LogP contribution in [0.5, 0.6) is 0 Å². The lowest BCUT2D eigenvalue weighted by molar-refractivity contribution is -0.143. The fraction of sp³-hybridized carbons (Fsp3) is 0.500. The van der Waals surface area contributed by atoms with Gasteiger partial charge in [-0.3, -0.25) is 28.8 Å². The van der Waals surface area contributed by atoms with Gasteiger partial charge >= 0.3 is 5.97 Å². The summed E-state index contributed by atoms with van der Waals surface area (Å²) in [6.07, 6.45) is 0.340. The highest BCUT2D eigenvalue weighted by Gasteiger charge is 2.09. The van der Waals surface area contributed by atoms with Gasteiger partial charge in [0.25, 0.3) is 0 Å². The molecule has 5 N–H and O–H groups in total. The van der Waals surface area contributed by atoms with Crippen LogP contribution in [0.15, 0.2) is 0 Å². The molecule has 0 bridgehead atoms. The number of ether oxygens (including phenoxy) is 1. The quantitative estimate of drug-likeness (QED) is 0.143. The van der Waals surface area contributed by atoms with Crippen LogP contribution in [0.2, 0.25) is 0 Å². The van der Waals surface area contributed by atoms with Gasteiger partial charge < -0.3 is 31.3 Å². The van der Waals surface area contributed by atoms with Crippen LogP contribution in [0, 0.1) is 0 Å². The summed E-state index contributed by atoms with van der Waals surface area (Å²) in [6, 6.07) is 0. The summed E-state index contributed by atoms with van der Waals surface area (Å²) < 4.78 is 4.47. The smallest absolute Gasteiger partial charge is 0.304 e. The van der Waals surface area contributed by atoms with Gasteiger partial charge in [-0.1, -0.05) is 0 Å². The monoisotopic (exact) mass is 345 g/mol. The zero-order valence-electron chi connectivity index (χ0n) is 13.0. The number of amides is 5. The topological polar surface area (TPSA) is 172 Å². The average Bonchev–Trinajstić information content (AvgIpc) is 2.53. The lowest BCUT2D eigenvalue weighted by Crippen LogP contribution is -2.45. The molecule has 0 fully saturated rings. The second kappa shape index (κ2) is 12.4. The van der Waals surface area contributed by atoms with Gasteiger partial charge in [0.05, 0.1) is 26.2 Å². The van der Waals surface area contributed by atoms with Crippen LogP contribution in [-0.4, -0.2) is 68.9 Å². The van der Waals surface area contributed by atoms with E-state index in [0.717, 1.165) is 0 Å². The maximum absolute atomic E-state index is 11.4. The first-order valence-corrected chi connectivity index (χ1v) is 6.72. The number of esters is 1. The van der Waals surface area contributed by atoms with E-state index in [2.05, 4.69) is 31.3 Å². The third kappa shape index (κ3) is 12.6. The first-order valence-electron chi connectivity index (χ1n) is 6.72. The lowest BCUT2D eigenvalue weighted by Gasteiger charge is -2.08. The predicted octanol–water partition coefficient (Wildman–Crippen LogP) is -4.28. The normalized spacial score (nSPS) is 9.21. The molecule has 0 aromatic rings. The Morgan fingerprint density at radius 2 is 1.17 bits per heavy atom. The number of carbonyl (C=O) groups is 6. The zero-order chi connectivity index (χ0) is 18.4. The van der Waals surface area contributed by atoms with Crippen molar-refractivity contribution < 1.29 is 33.5 Å². The number of hydrogen-bond acceptors (Lipinski definition) is 7. The van der Waals surface area contributed by atoms with E-state index in [1.165, 1.54) is 6.92 Å². The molecule has 134 valence electrons. The number of rotatable bonds is 11. The van der Waals surface area contributed by atoms with Crippen molar-refractivity contribution in [3.05, 3.63) is 0 Å². The molecule has 0 heterocycles. The third-order valence-electron chi connectivity index (χ3n) is 2.23. The highest BCUT2D eigenvalue weighted by Crippen LogP contribution is 1.73. The summed E-state index contributed by atoms with van der Waals surface area (Å²) in [5.74, 6) is -2.95. The molecule has 0 aliphatic rings. The van der Waals surface area contributed by atoms with E-state index in [9.17, 15) is 28.8 Å². The molecule has 0 aromatic carbocycles. The van der Waals surface area contributed by atoms with Crippen LogP contribution in [0.4, 0.5) is 0 Å². The van der Waals surface area contributed by atoms with Gasteiger partial charge in [-0.25, -0.2) is 0 Å². The van der Waals surface area contributed by atoms with Crippen molar-refractivity contribution in [3.8, 4) is 0 Å². The maximum atomic E-state index is 11.4. The Labute approximate surface area is 137 Å². The summed E-state index contributed by atoms with van der Waals surface area (Å²) in [5.41, 5.74) is 0. The molecule has 0 spiro atoms. The molecule has 5 amide bonds. The lowest BCUT2D eigenvalue weighted by atomic mass is 10.4. The number of hydrogen-bond donors (Lipinski definition) is 5. The molecular formula is C12H19N5O7. The first-order chi connectivity index (χ1) is 11.3. The fourth-order valence-electron chi connectivity index (χ4n) is 1.14. The number of carbonyl (C=O) groups excluding carboxylic acids is 6. The fourth-order valence-corrected chi connectivity index (χ4v) is 1.14. The van der Waals surface area contributed by atoms with Crippen LogP contribution >= 0.6 is 0 Å². The van der Waals surface area contributed by atoms with Crippen LogP contribution in [-0.2, 0) is 33.5 Å². The number of nitrogens with one attached hydrogen (secondary N) is 5. The van der Waals surface area contributed by atoms with Gasteiger partial charge in [0.1, 0.15) is 0 Å². The Morgan fingerprint density at radius 3 is 1.58 bits per heavy atom. The van der Waals surface area contributed by atoms with Gasteiger partial charge in [0.2, 0.25) is 30.0 Å². The van der Waals surface area contributed by atoms with Crippen molar-refractivity contribution in [1.29, 1.82) is 0 Å². The highest BCUT2D eigenvalue weighted by atomic mass is 16.5. The minimum absolute atomic E-state index is 0.264. The molecule has 12 nitrogen and oxygen atoms in total. The van der Waals surface area contributed by atoms with Crippen molar-refractivity contribution in [1.82, 2.24) is 26.6 Å². The third-order valence-corrected chi connectivity index (χ3v) is 2.23. The van der Waals surface area contributed by atoms with Crippen LogP contribution in [0.25, 0.3) is 0 Å². The molecule has 0 radical (unpaired) electrons. The van der Waals surface area contributed by atoms with E-state index in [4.69, 9.17) is 0 Å². The Bertz CT molecular complexity index is 494. The van der Waals surface area contributed by atoms with Gasteiger partial charge in [-0.05, 0) is 0 Å². The van der Waals surface area contributed by atoms with E-state index >= 15 is 0 Å². The van der Waals surface area contributed by atoms with E-state index in [1.54, 1.807) is 0 Å². The van der Waals surface area contributed by atoms with Crippen molar-refractivity contribution >= 4 is 36.0 Å². The Morgan fingerprint density at radius 1 is 0.750 bits per heavy atom. The predicted molar refractivity (Wildman–Crippen MR) is 77.9 cm³/mol. The minimum Gasteiger partial charge on any atom is -0.445 e. The SMILES string of the molecule is CC(=O)OCNC(=O)CNC(=O)CNC(=O)CNC(=O)CNC=O. The summed E-state index contributed by atoms with van der Waals surface area (Å²) in [6.45, 7) is -0.505. The molecule has 0 atom stereocenters. The summed E-state index contributed by atoms with van der Waals surface area (Å²) in [4.78, 5) is 65.5. The van der Waals surface area contributed by atoms with E-state index in [-0.39, 0.29) is 26.4 Å². The van der Waals surface area contributed by atoms with Crippen molar-refractivity contribution in [2.24, 2.45) is 0 Å². The maximum Gasteiger partial charge on any atom is 0.304 e. The molecule has 12 heteroatoms. The molecule has 24 heavy (non-hydrogen) atoms. The molecule has 0 unspecified atom stereocenters. The summed E-state index contributed by atoms with van der Waals surface area (Å²) in [5, 5.41) is 11.0. The van der Waals surface area contributed by atoms with Crippen molar-refractivity contribution in [2.45, 2.75) is 6.92 Å². The molecule has 0 aliphatic heterocycles. The van der Waals surface area contributed by atoms with Gasteiger partial charge in [0, 0.05) is 6.92 Å². The van der Waals surface area contributed by atoms with Crippen LogP contribution < -0.4 is 26.6 Å². The molecule has 0 saturated heterocycles. The van der Waals surface area contributed by atoms with Gasteiger partial charge in [0.15, 0.2) is 6.73 Å². The molecule has 0 aliphatic carbocycles. The zero-order valence-corrected chi connectivity index (χ0v) is 13.0. The molecule has 0 rings (SSSR count). The summed E-state index contributed by atoms with van der Waals surface area (Å²) >= 11 is 0. The minimum atomic E-state index is -0.625. The van der Waals surface area contributed by atoms with Crippen LogP contribution in [0.1, 0.15) is 6.92 Å². The molecule has 0 aromatic heterocycles. The molecule has 0 saturated carbocycles. The van der Waals surface area contributed by atoms with Crippen molar-refractivity contribution in [2.75, 3.05) is 32.9 Å². The van der Waals surface area contributed by atoms with Crippen molar-refractivity contribution in [3.63, 3.8) is 0 Å². The Balaban J connectivity index is 3.75. The average molecular weight is 345 g/mol. The first kappa shape index (κ1) is 20.8. The van der Waals surface area contributed by atoms with E-state index in [0.29, 0.717) is 6.41 Å². The Kier molecular flexibility index (Phi) is 10.7. The highest BCUT2D eigenvalue weighted by molar-refractivity contribution is 5.90. The Hall–Kier alpha value is -3.18. The van der Waals surface area contributed by atoms with Gasteiger partial charge in [-0.15, -0.1) is 0 Å².